The molecule has 0 aliphatic carbocycles. The maximum absolute atomic E-state index is 5.85. The Morgan fingerprint density at radius 2 is 2.28 bits per heavy atom. The highest BCUT2D eigenvalue weighted by Crippen LogP contribution is 2.32. The van der Waals surface area contributed by atoms with E-state index >= 15 is 0 Å². The van der Waals surface area contributed by atoms with E-state index in [9.17, 15) is 0 Å². The lowest BCUT2D eigenvalue weighted by Gasteiger charge is -2.08. The van der Waals surface area contributed by atoms with Gasteiger partial charge in [0.15, 0.2) is 0 Å². The molecule has 0 fully saturated rings. The number of nitrogens with zero attached hydrogens (tertiary/aromatic N) is 1. The summed E-state index contributed by atoms with van der Waals surface area (Å²) in [6.45, 7) is 4.62. The van der Waals surface area contributed by atoms with E-state index in [0.717, 1.165) is 17.0 Å². The molecule has 0 unspecified atom stereocenters. The molecule has 0 saturated carbocycles. The van der Waals surface area contributed by atoms with Gasteiger partial charge in [0, 0.05) is 4.90 Å². The van der Waals surface area contributed by atoms with Crippen LogP contribution in [0.1, 0.15) is 19.0 Å². The SMILES string of the molecule is CCCOc1cc(Sc2nc(C)co2)ccc1N. The van der Waals surface area contributed by atoms with Gasteiger partial charge in [0.05, 0.1) is 18.0 Å². The maximum Gasteiger partial charge on any atom is 0.260 e. The highest BCUT2D eigenvalue weighted by atomic mass is 32.2. The number of benzene rings is 1. The highest BCUT2D eigenvalue weighted by molar-refractivity contribution is 7.99. The number of aryl methyl sites for hydroxylation is 1. The topological polar surface area (TPSA) is 61.3 Å². The second-order valence-corrected chi connectivity index (χ2v) is 4.93. The molecule has 0 bridgehead atoms. The summed E-state index contributed by atoms with van der Waals surface area (Å²) in [6, 6.07) is 5.68. The first-order chi connectivity index (χ1) is 8.69. The monoisotopic (exact) mass is 264 g/mol. The largest absolute Gasteiger partial charge is 0.491 e. The van der Waals surface area contributed by atoms with Crippen LogP contribution in [-0.2, 0) is 0 Å². The third kappa shape index (κ3) is 3.20. The van der Waals surface area contributed by atoms with Gasteiger partial charge in [0.2, 0.25) is 0 Å². The maximum atomic E-state index is 5.85. The minimum atomic E-state index is 0.624. The molecule has 0 spiro atoms. The van der Waals surface area contributed by atoms with E-state index in [1.165, 1.54) is 11.8 Å². The standard InChI is InChI=1S/C13H16N2O2S/c1-3-6-16-12-7-10(4-5-11(12)14)18-13-15-9(2)8-17-13/h4-5,7-8H,3,6,14H2,1-2H3. The van der Waals surface area contributed by atoms with Gasteiger partial charge in [-0.2, -0.15) is 0 Å². The van der Waals surface area contributed by atoms with Crippen molar-refractivity contribution in [3.05, 3.63) is 30.2 Å². The molecule has 0 saturated heterocycles. The molecule has 1 aromatic carbocycles. The van der Waals surface area contributed by atoms with Crippen molar-refractivity contribution < 1.29 is 9.15 Å². The molecule has 4 nitrogen and oxygen atoms in total. The Bertz CT molecular complexity index is 525. The molecular formula is C13H16N2O2S. The zero-order chi connectivity index (χ0) is 13.0. The summed E-state index contributed by atoms with van der Waals surface area (Å²) in [5, 5.41) is 0.624. The first-order valence-corrected chi connectivity index (χ1v) is 6.63. The Labute approximate surface area is 111 Å². The van der Waals surface area contributed by atoms with Gasteiger partial charge >= 0.3 is 0 Å². The summed E-state index contributed by atoms with van der Waals surface area (Å²) in [6.07, 6.45) is 2.59. The Hall–Kier alpha value is -1.62. The van der Waals surface area contributed by atoms with Gasteiger partial charge < -0.3 is 14.9 Å². The lowest BCUT2D eigenvalue weighted by molar-refractivity contribution is 0.318. The van der Waals surface area contributed by atoms with Crippen LogP contribution in [0.15, 0.2) is 39.0 Å². The third-order valence-corrected chi connectivity index (χ3v) is 3.10. The average molecular weight is 264 g/mol. The summed E-state index contributed by atoms with van der Waals surface area (Å²) in [5.41, 5.74) is 7.37. The number of ether oxygens (including phenoxy) is 1. The van der Waals surface area contributed by atoms with Crippen molar-refractivity contribution in [3.63, 3.8) is 0 Å². The molecule has 0 atom stereocenters. The van der Waals surface area contributed by atoms with Crippen LogP contribution < -0.4 is 10.5 Å². The minimum Gasteiger partial charge on any atom is -0.491 e. The van der Waals surface area contributed by atoms with E-state index < -0.39 is 0 Å². The Kier molecular flexibility index (Phi) is 4.15. The quantitative estimate of drug-likeness (QED) is 0.837. The van der Waals surface area contributed by atoms with Gasteiger partial charge in [-0.15, -0.1) is 0 Å². The summed E-state index contributed by atoms with van der Waals surface area (Å²) in [7, 11) is 0. The number of oxazole rings is 1. The van der Waals surface area contributed by atoms with Crippen molar-refractivity contribution in [1.29, 1.82) is 0 Å². The smallest absolute Gasteiger partial charge is 0.260 e. The van der Waals surface area contributed by atoms with Crippen molar-refractivity contribution >= 4 is 17.4 Å². The lowest BCUT2D eigenvalue weighted by Crippen LogP contribution is -1.98. The Balaban J connectivity index is 2.13. The van der Waals surface area contributed by atoms with Crippen LogP contribution in [0.5, 0.6) is 5.75 Å². The molecule has 18 heavy (non-hydrogen) atoms. The summed E-state index contributed by atoms with van der Waals surface area (Å²) in [5.74, 6) is 0.713. The fraction of sp³-hybridized carbons (Fsp3) is 0.308. The zero-order valence-electron chi connectivity index (χ0n) is 10.5. The second kappa shape index (κ2) is 5.82. The van der Waals surface area contributed by atoms with E-state index in [1.807, 2.05) is 25.1 Å². The van der Waals surface area contributed by atoms with Crippen molar-refractivity contribution in [3.8, 4) is 5.75 Å². The number of hydrogen-bond acceptors (Lipinski definition) is 5. The summed E-state index contributed by atoms with van der Waals surface area (Å²) < 4.78 is 10.9. The number of nitrogen functional groups attached to an aromatic ring is 1. The van der Waals surface area contributed by atoms with E-state index in [0.29, 0.717) is 23.3 Å². The predicted octanol–water partition coefficient (Wildman–Crippen LogP) is 3.51. The molecule has 2 aromatic rings. The van der Waals surface area contributed by atoms with Gasteiger partial charge in [0.1, 0.15) is 12.0 Å². The lowest BCUT2D eigenvalue weighted by atomic mass is 10.3. The first kappa shape index (κ1) is 12.8. The molecule has 0 aliphatic rings. The zero-order valence-corrected chi connectivity index (χ0v) is 11.3. The van der Waals surface area contributed by atoms with Crippen LogP contribution in [0.25, 0.3) is 0 Å². The van der Waals surface area contributed by atoms with E-state index in [4.69, 9.17) is 14.9 Å². The highest BCUT2D eigenvalue weighted by Gasteiger charge is 2.07. The number of hydrogen-bond donors (Lipinski definition) is 1. The Morgan fingerprint density at radius 1 is 1.44 bits per heavy atom. The van der Waals surface area contributed by atoms with Crippen LogP contribution in [0.4, 0.5) is 5.69 Å². The van der Waals surface area contributed by atoms with Gasteiger partial charge in [-0.25, -0.2) is 4.98 Å². The normalized spacial score (nSPS) is 10.6. The van der Waals surface area contributed by atoms with Crippen LogP contribution in [0.2, 0.25) is 0 Å². The fourth-order valence-corrected chi connectivity index (χ4v) is 2.18. The number of rotatable bonds is 5. The fourth-order valence-electron chi connectivity index (χ4n) is 1.40. The molecule has 0 amide bonds. The number of aromatic nitrogens is 1. The first-order valence-electron chi connectivity index (χ1n) is 5.81. The van der Waals surface area contributed by atoms with Crippen molar-refractivity contribution in [2.45, 2.75) is 30.4 Å². The number of nitrogens with two attached hydrogens (primary N) is 1. The van der Waals surface area contributed by atoms with Crippen LogP contribution in [-0.4, -0.2) is 11.6 Å². The molecular weight excluding hydrogens is 248 g/mol. The van der Waals surface area contributed by atoms with Crippen molar-refractivity contribution in [1.82, 2.24) is 4.98 Å². The molecule has 5 heteroatoms. The van der Waals surface area contributed by atoms with E-state index in [-0.39, 0.29) is 0 Å². The molecule has 2 rings (SSSR count). The minimum absolute atomic E-state index is 0.624. The Morgan fingerprint density at radius 3 is 2.94 bits per heavy atom. The second-order valence-electron chi connectivity index (χ2n) is 3.90. The number of anilines is 1. The summed E-state index contributed by atoms with van der Waals surface area (Å²) >= 11 is 1.45. The van der Waals surface area contributed by atoms with Crippen LogP contribution >= 0.6 is 11.8 Å². The predicted molar refractivity (Wildman–Crippen MR) is 72.0 cm³/mol. The molecule has 1 heterocycles. The average Bonchev–Trinajstić information content (AvgIpc) is 2.75. The third-order valence-electron chi connectivity index (χ3n) is 2.25. The van der Waals surface area contributed by atoms with Crippen LogP contribution in [0, 0.1) is 6.92 Å². The molecule has 0 radical (unpaired) electrons. The van der Waals surface area contributed by atoms with E-state index in [2.05, 4.69) is 11.9 Å². The van der Waals surface area contributed by atoms with Gasteiger partial charge in [0.25, 0.3) is 5.22 Å². The van der Waals surface area contributed by atoms with Crippen molar-refractivity contribution in [2.24, 2.45) is 0 Å². The molecule has 0 aliphatic heterocycles. The van der Waals surface area contributed by atoms with Gasteiger partial charge in [-0.1, -0.05) is 6.92 Å². The van der Waals surface area contributed by atoms with Crippen molar-refractivity contribution in [2.75, 3.05) is 12.3 Å². The van der Waals surface area contributed by atoms with Gasteiger partial charge in [-0.05, 0) is 43.3 Å². The molecule has 2 N–H and O–H groups in total. The van der Waals surface area contributed by atoms with Crippen LogP contribution in [0.3, 0.4) is 0 Å². The molecule has 1 aromatic heterocycles. The molecule has 96 valence electrons. The summed E-state index contributed by atoms with van der Waals surface area (Å²) in [4.78, 5) is 5.24. The van der Waals surface area contributed by atoms with E-state index in [1.54, 1.807) is 6.26 Å². The van der Waals surface area contributed by atoms with Gasteiger partial charge in [-0.3, -0.25) is 0 Å².